The fourth-order valence-electron chi connectivity index (χ4n) is 1.38. The zero-order valence-electron chi connectivity index (χ0n) is 10.0. The summed E-state index contributed by atoms with van der Waals surface area (Å²) in [5.74, 6) is 0.339. The normalized spacial score (nSPS) is 12.7. The molecule has 0 heterocycles. The van der Waals surface area contributed by atoms with Crippen LogP contribution in [-0.4, -0.2) is 24.2 Å². The van der Waals surface area contributed by atoms with Crippen molar-refractivity contribution < 1.29 is 5.11 Å². The van der Waals surface area contributed by atoms with E-state index in [1.165, 1.54) is 0 Å². The molecule has 0 radical (unpaired) electrons. The van der Waals surface area contributed by atoms with E-state index < -0.39 is 6.10 Å². The Morgan fingerprint density at radius 1 is 1.56 bits per heavy atom. The van der Waals surface area contributed by atoms with Crippen LogP contribution in [-0.2, 0) is 0 Å². The van der Waals surface area contributed by atoms with Gasteiger partial charge in [0.25, 0.3) is 0 Å². The van der Waals surface area contributed by atoms with Crippen molar-refractivity contribution in [3.63, 3.8) is 0 Å². The number of halogens is 1. The average molecular weight is 267 g/mol. The first-order valence-electron chi connectivity index (χ1n) is 5.55. The summed E-state index contributed by atoms with van der Waals surface area (Å²) < 4.78 is 0. The smallest absolute Gasteiger partial charge is 0.204 e. The molecular formula is C12H15ClN4O. The maximum atomic E-state index is 9.96. The number of aliphatic imine (C=N–C) groups is 1. The third-order valence-electron chi connectivity index (χ3n) is 2.21. The van der Waals surface area contributed by atoms with E-state index in [1.807, 2.05) is 6.92 Å². The standard InChI is InChI=1S/C12H15ClN4O/c1-2-15-12(17-8-14)16-7-11(18)9-5-3-4-6-10(9)13/h3-6,11,18H,2,7H2,1H3,(H2,15,16,17). The van der Waals surface area contributed by atoms with Crippen molar-refractivity contribution in [3.8, 4) is 6.19 Å². The van der Waals surface area contributed by atoms with Gasteiger partial charge in [-0.15, -0.1) is 0 Å². The molecule has 1 aromatic carbocycles. The highest BCUT2D eigenvalue weighted by atomic mass is 35.5. The molecule has 96 valence electrons. The molecule has 0 aromatic heterocycles. The molecule has 18 heavy (non-hydrogen) atoms. The SMILES string of the molecule is CCNC(=NCC(O)c1ccccc1Cl)NC#N. The Morgan fingerprint density at radius 3 is 2.89 bits per heavy atom. The van der Waals surface area contributed by atoms with E-state index in [-0.39, 0.29) is 6.54 Å². The van der Waals surface area contributed by atoms with Gasteiger partial charge in [0.15, 0.2) is 6.19 Å². The first kappa shape index (κ1) is 14.3. The van der Waals surface area contributed by atoms with Crippen LogP contribution in [0.15, 0.2) is 29.3 Å². The molecule has 0 saturated carbocycles. The van der Waals surface area contributed by atoms with Crippen LogP contribution in [0.25, 0.3) is 0 Å². The third kappa shape index (κ3) is 4.24. The summed E-state index contributed by atoms with van der Waals surface area (Å²) in [6, 6.07) is 7.05. The Morgan fingerprint density at radius 2 is 2.28 bits per heavy atom. The van der Waals surface area contributed by atoms with E-state index in [4.69, 9.17) is 16.9 Å². The Hall–Kier alpha value is -1.77. The van der Waals surface area contributed by atoms with Crippen molar-refractivity contribution in [2.75, 3.05) is 13.1 Å². The van der Waals surface area contributed by atoms with E-state index in [0.717, 1.165) is 0 Å². The Labute approximate surface area is 111 Å². The van der Waals surface area contributed by atoms with E-state index in [1.54, 1.807) is 30.5 Å². The van der Waals surface area contributed by atoms with E-state index >= 15 is 0 Å². The summed E-state index contributed by atoms with van der Waals surface area (Å²) >= 11 is 5.96. The lowest BCUT2D eigenvalue weighted by molar-refractivity contribution is 0.187. The Bertz CT molecular complexity index is 456. The van der Waals surface area contributed by atoms with Crippen molar-refractivity contribution in [1.29, 1.82) is 5.26 Å². The molecule has 0 amide bonds. The summed E-state index contributed by atoms with van der Waals surface area (Å²) in [5, 5.41) is 24.3. The van der Waals surface area contributed by atoms with Crippen LogP contribution in [0.5, 0.6) is 0 Å². The zero-order chi connectivity index (χ0) is 13.4. The number of guanidine groups is 1. The number of nitriles is 1. The van der Waals surface area contributed by atoms with Crippen LogP contribution in [0.3, 0.4) is 0 Å². The number of rotatable bonds is 4. The van der Waals surface area contributed by atoms with Gasteiger partial charge in [0.05, 0.1) is 6.54 Å². The van der Waals surface area contributed by atoms with E-state index in [2.05, 4.69) is 15.6 Å². The molecule has 3 N–H and O–H groups in total. The van der Waals surface area contributed by atoms with Crippen molar-refractivity contribution in [3.05, 3.63) is 34.9 Å². The molecule has 1 atom stereocenters. The average Bonchev–Trinajstić information content (AvgIpc) is 2.36. The van der Waals surface area contributed by atoms with Gasteiger partial charge >= 0.3 is 0 Å². The number of hydrogen-bond donors (Lipinski definition) is 3. The van der Waals surface area contributed by atoms with Crippen molar-refractivity contribution in [1.82, 2.24) is 10.6 Å². The van der Waals surface area contributed by atoms with Gasteiger partial charge in [-0.25, -0.2) is 4.99 Å². The lowest BCUT2D eigenvalue weighted by atomic mass is 10.1. The van der Waals surface area contributed by atoms with Crippen LogP contribution in [0.2, 0.25) is 5.02 Å². The van der Waals surface area contributed by atoms with Crippen LogP contribution >= 0.6 is 11.6 Å². The minimum Gasteiger partial charge on any atom is -0.386 e. The van der Waals surface area contributed by atoms with Gasteiger partial charge in [0.2, 0.25) is 5.96 Å². The van der Waals surface area contributed by atoms with Crippen molar-refractivity contribution in [2.45, 2.75) is 13.0 Å². The molecule has 0 aliphatic carbocycles. The van der Waals surface area contributed by atoms with Crippen LogP contribution in [0.1, 0.15) is 18.6 Å². The van der Waals surface area contributed by atoms with Gasteiger partial charge in [0.1, 0.15) is 6.10 Å². The minimum absolute atomic E-state index is 0.126. The number of benzene rings is 1. The van der Waals surface area contributed by atoms with Gasteiger partial charge in [-0.05, 0) is 13.0 Å². The summed E-state index contributed by atoms with van der Waals surface area (Å²) in [7, 11) is 0. The second-order valence-electron chi connectivity index (χ2n) is 3.49. The highest BCUT2D eigenvalue weighted by Gasteiger charge is 2.10. The Balaban J connectivity index is 2.70. The van der Waals surface area contributed by atoms with Crippen molar-refractivity contribution in [2.24, 2.45) is 4.99 Å². The lowest BCUT2D eigenvalue weighted by Crippen LogP contribution is -2.34. The molecule has 1 unspecified atom stereocenters. The predicted octanol–water partition coefficient (Wildman–Crippen LogP) is 1.41. The topological polar surface area (TPSA) is 80.4 Å². The molecule has 0 spiro atoms. The minimum atomic E-state index is -0.798. The van der Waals surface area contributed by atoms with Crippen LogP contribution < -0.4 is 10.6 Å². The van der Waals surface area contributed by atoms with Crippen molar-refractivity contribution >= 4 is 17.6 Å². The molecule has 0 bridgehead atoms. The summed E-state index contributed by atoms with van der Waals surface area (Å²) in [6.07, 6.45) is 0.978. The molecule has 1 aromatic rings. The molecular weight excluding hydrogens is 252 g/mol. The van der Waals surface area contributed by atoms with Gasteiger partial charge in [-0.2, -0.15) is 5.26 Å². The molecule has 0 aliphatic rings. The van der Waals surface area contributed by atoms with Crippen LogP contribution in [0, 0.1) is 11.5 Å². The summed E-state index contributed by atoms with van der Waals surface area (Å²) in [6.45, 7) is 2.65. The van der Waals surface area contributed by atoms with Gasteiger partial charge < -0.3 is 10.4 Å². The predicted molar refractivity (Wildman–Crippen MR) is 71.1 cm³/mol. The number of nitrogens with zero attached hydrogens (tertiary/aromatic N) is 2. The quantitative estimate of drug-likeness (QED) is 0.333. The fraction of sp³-hybridized carbons (Fsp3) is 0.333. The largest absolute Gasteiger partial charge is 0.386 e. The third-order valence-corrected chi connectivity index (χ3v) is 2.55. The molecule has 0 saturated heterocycles. The maximum absolute atomic E-state index is 9.96. The second kappa shape index (κ2) is 7.54. The van der Waals surface area contributed by atoms with Gasteiger partial charge in [-0.1, -0.05) is 29.8 Å². The number of aliphatic hydroxyl groups is 1. The van der Waals surface area contributed by atoms with E-state index in [9.17, 15) is 5.11 Å². The Kier molecular flexibility index (Phi) is 5.98. The monoisotopic (exact) mass is 266 g/mol. The molecule has 0 aliphatic heterocycles. The molecule has 6 heteroatoms. The zero-order valence-corrected chi connectivity index (χ0v) is 10.8. The molecule has 1 rings (SSSR count). The lowest BCUT2D eigenvalue weighted by Gasteiger charge is -2.11. The van der Waals surface area contributed by atoms with Gasteiger partial charge in [0, 0.05) is 17.1 Å². The maximum Gasteiger partial charge on any atom is 0.204 e. The summed E-state index contributed by atoms with van der Waals surface area (Å²) in [4.78, 5) is 4.08. The van der Waals surface area contributed by atoms with Gasteiger partial charge in [-0.3, -0.25) is 5.32 Å². The molecule has 0 fully saturated rings. The number of nitrogens with one attached hydrogen (secondary N) is 2. The van der Waals surface area contributed by atoms with E-state index in [0.29, 0.717) is 23.1 Å². The highest BCUT2D eigenvalue weighted by Crippen LogP contribution is 2.22. The summed E-state index contributed by atoms with van der Waals surface area (Å²) in [5.41, 5.74) is 0.621. The number of aliphatic hydroxyl groups excluding tert-OH is 1. The number of hydrogen-bond acceptors (Lipinski definition) is 3. The first-order valence-corrected chi connectivity index (χ1v) is 5.92. The second-order valence-corrected chi connectivity index (χ2v) is 3.90. The van der Waals surface area contributed by atoms with Crippen LogP contribution in [0.4, 0.5) is 0 Å². The fourth-order valence-corrected chi connectivity index (χ4v) is 1.64. The highest BCUT2D eigenvalue weighted by molar-refractivity contribution is 6.31. The first-order chi connectivity index (χ1) is 8.69. The molecule has 5 nitrogen and oxygen atoms in total.